The SMILES string of the molecule is CN1CCC(OCCn2cc(CN)nn2)CC1. The normalized spacial score (nSPS) is 18.7. The minimum Gasteiger partial charge on any atom is -0.376 e. The summed E-state index contributed by atoms with van der Waals surface area (Å²) in [5.74, 6) is 0. The topological polar surface area (TPSA) is 69.2 Å². The largest absolute Gasteiger partial charge is 0.376 e. The lowest BCUT2D eigenvalue weighted by Crippen LogP contribution is -2.34. The molecule has 1 aromatic heterocycles. The number of hydrogen-bond donors (Lipinski definition) is 1. The van der Waals surface area contributed by atoms with Gasteiger partial charge in [0.25, 0.3) is 0 Å². The molecule has 2 rings (SSSR count). The van der Waals surface area contributed by atoms with Crippen molar-refractivity contribution in [3.05, 3.63) is 11.9 Å². The van der Waals surface area contributed by atoms with Crippen LogP contribution in [0.4, 0.5) is 0 Å². The average molecular weight is 239 g/mol. The van der Waals surface area contributed by atoms with E-state index in [1.807, 2.05) is 6.20 Å². The van der Waals surface area contributed by atoms with Gasteiger partial charge in [0.1, 0.15) is 0 Å². The van der Waals surface area contributed by atoms with E-state index in [0.717, 1.165) is 38.2 Å². The third-order valence-electron chi connectivity index (χ3n) is 3.13. The van der Waals surface area contributed by atoms with Crippen molar-refractivity contribution in [2.24, 2.45) is 5.73 Å². The van der Waals surface area contributed by atoms with Crippen molar-refractivity contribution in [2.45, 2.75) is 32.0 Å². The van der Waals surface area contributed by atoms with Gasteiger partial charge in [-0.3, -0.25) is 0 Å². The summed E-state index contributed by atoms with van der Waals surface area (Å²) in [5, 5.41) is 7.92. The van der Waals surface area contributed by atoms with E-state index in [2.05, 4.69) is 22.3 Å². The van der Waals surface area contributed by atoms with Crippen molar-refractivity contribution in [1.29, 1.82) is 0 Å². The van der Waals surface area contributed by atoms with Gasteiger partial charge in [0.2, 0.25) is 0 Å². The van der Waals surface area contributed by atoms with E-state index in [1.54, 1.807) is 4.68 Å². The maximum absolute atomic E-state index is 5.83. The predicted molar refractivity (Wildman–Crippen MR) is 64.4 cm³/mol. The van der Waals surface area contributed by atoms with Crippen LogP contribution in [0.25, 0.3) is 0 Å². The van der Waals surface area contributed by atoms with E-state index in [0.29, 0.717) is 19.3 Å². The fraction of sp³-hybridized carbons (Fsp3) is 0.818. The van der Waals surface area contributed by atoms with Crippen molar-refractivity contribution in [3.63, 3.8) is 0 Å². The van der Waals surface area contributed by atoms with E-state index >= 15 is 0 Å². The zero-order chi connectivity index (χ0) is 12.1. The monoisotopic (exact) mass is 239 g/mol. The van der Waals surface area contributed by atoms with Crippen LogP contribution < -0.4 is 5.73 Å². The molecular formula is C11H21N5O. The molecule has 96 valence electrons. The molecule has 6 heteroatoms. The van der Waals surface area contributed by atoms with E-state index < -0.39 is 0 Å². The fourth-order valence-corrected chi connectivity index (χ4v) is 2.01. The van der Waals surface area contributed by atoms with Gasteiger partial charge >= 0.3 is 0 Å². The zero-order valence-electron chi connectivity index (χ0n) is 10.4. The molecule has 0 bridgehead atoms. The van der Waals surface area contributed by atoms with Gasteiger partial charge in [0.15, 0.2) is 0 Å². The molecule has 2 heterocycles. The predicted octanol–water partition coefficient (Wildman–Crippen LogP) is -0.152. The minimum atomic E-state index is 0.406. The summed E-state index contributed by atoms with van der Waals surface area (Å²) in [4.78, 5) is 2.34. The van der Waals surface area contributed by atoms with Gasteiger partial charge in [-0.05, 0) is 19.9 Å². The Morgan fingerprint density at radius 2 is 2.24 bits per heavy atom. The number of nitrogens with two attached hydrogens (primary N) is 1. The van der Waals surface area contributed by atoms with Crippen molar-refractivity contribution in [3.8, 4) is 0 Å². The molecule has 1 saturated heterocycles. The Bertz CT molecular complexity index is 332. The molecule has 6 nitrogen and oxygen atoms in total. The third kappa shape index (κ3) is 3.76. The Balaban J connectivity index is 1.65. The lowest BCUT2D eigenvalue weighted by Gasteiger charge is -2.28. The molecular weight excluding hydrogens is 218 g/mol. The molecule has 0 radical (unpaired) electrons. The molecule has 1 aromatic rings. The Labute approximate surface area is 102 Å². The summed E-state index contributed by atoms with van der Waals surface area (Å²) in [6.45, 7) is 4.15. The summed E-state index contributed by atoms with van der Waals surface area (Å²) in [7, 11) is 2.15. The Morgan fingerprint density at radius 1 is 1.47 bits per heavy atom. The number of piperidine rings is 1. The molecule has 0 saturated carbocycles. The van der Waals surface area contributed by atoms with Gasteiger partial charge in [-0.25, -0.2) is 4.68 Å². The number of hydrogen-bond acceptors (Lipinski definition) is 5. The van der Waals surface area contributed by atoms with Crippen LogP contribution in [0.5, 0.6) is 0 Å². The summed E-state index contributed by atoms with van der Waals surface area (Å²) >= 11 is 0. The maximum atomic E-state index is 5.83. The number of ether oxygens (including phenoxy) is 1. The minimum absolute atomic E-state index is 0.406. The van der Waals surface area contributed by atoms with Crippen LogP contribution in [0.1, 0.15) is 18.5 Å². The van der Waals surface area contributed by atoms with Crippen LogP contribution in [-0.2, 0) is 17.8 Å². The van der Waals surface area contributed by atoms with Gasteiger partial charge in [-0.1, -0.05) is 5.21 Å². The second-order valence-corrected chi connectivity index (χ2v) is 4.55. The van der Waals surface area contributed by atoms with Crippen molar-refractivity contribution in [1.82, 2.24) is 19.9 Å². The molecule has 0 amide bonds. The summed E-state index contributed by atoms with van der Waals surface area (Å²) < 4.78 is 7.62. The van der Waals surface area contributed by atoms with Crippen molar-refractivity contribution < 1.29 is 4.74 Å². The van der Waals surface area contributed by atoms with Gasteiger partial charge in [-0.15, -0.1) is 5.10 Å². The van der Waals surface area contributed by atoms with E-state index in [4.69, 9.17) is 10.5 Å². The second kappa shape index (κ2) is 6.09. The van der Waals surface area contributed by atoms with Crippen LogP contribution >= 0.6 is 0 Å². The van der Waals surface area contributed by atoms with E-state index in [1.165, 1.54) is 0 Å². The van der Waals surface area contributed by atoms with Crippen LogP contribution in [0.3, 0.4) is 0 Å². The lowest BCUT2D eigenvalue weighted by atomic mass is 10.1. The van der Waals surface area contributed by atoms with E-state index in [-0.39, 0.29) is 0 Å². The molecule has 17 heavy (non-hydrogen) atoms. The first-order valence-electron chi connectivity index (χ1n) is 6.17. The van der Waals surface area contributed by atoms with Gasteiger partial charge in [0, 0.05) is 25.8 Å². The molecule has 0 unspecified atom stereocenters. The highest BCUT2D eigenvalue weighted by Gasteiger charge is 2.16. The van der Waals surface area contributed by atoms with Crippen molar-refractivity contribution >= 4 is 0 Å². The number of aromatic nitrogens is 3. The highest BCUT2D eigenvalue weighted by molar-refractivity contribution is 4.90. The first-order chi connectivity index (χ1) is 8.28. The standard InChI is InChI=1S/C11H21N5O/c1-15-4-2-11(3-5-15)17-7-6-16-9-10(8-12)13-14-16/h9,11H,2-8,12H2,1H3. The second-order valence-electron chi connectivity index (χ2n) is 4.55. The molecule has 0 atom stereocenters. The Kier molecular flexibility index (Phi) is 4.47. The quantitative estimate of drug-likeness (QED) is 0.773. The molecule has 1 aliphatic rings. The van der Waals surface area contributed by atoms with Crippen molar-refractivity contribution in [2.75, 3.05) is 26.7 Å². The van der Waals surface area contributed by atoms with E-state index in [9.17, 15) is 0 Å². The Hall–Kier alpha value is -0.980. The molecule has 0 aliphatic carbocycles. The van der Waals surface area contributed by atoms with Gasteiger partial charge < -0.3 is 15.4 Å². The molecule has 1 aliphatic heterocycles. The molecule has 1 fully saturated rings. The highest BCUT2D eigenvalue weighted by Crippen LogP contribution is 2.11. The summed E-state index contributed by atoms with van der Waals surface area (Å²) in [5.41, 5.74) is 6.29. The first kappa shape index (κ1) is 12.5. The summed E-state index contributed by atoms with van der Waals surface area (Å²) in [6.07, 6.45) is 4.53. The Morgan fingerprint density at radius 3 is 2.88 bits per heavy atom. The van der Waals surface area contributed by atoms with Gasteiger partial charge in [-0.2, -0.15) is 0 Å². The molecule has 0 spiro atoms. The number of nitrogens with zero attached hydrogens (tertiary/aromatic N) is 4. The van der Waals surface area contributed by atoms with Gasteiger partial charge in [0.05, 0.1) is 24.9 Å². The van der Waals surface area contributed by atoms with Crippen LogP contribution in [0.15, 0.2) is 6.20 Å². The van der Waals surface area contributed by atoms with Crippen LogP contribution in [-0.4, -0.2) is 52.7 Å². The average Bonchev–Trinajstić information content (AvgIpc) is 2.80. The zero-order valence-corrected chi connectivity index (χ0v) is 10.4. The third-order valence-corrected chi connectivity index (χ3v) is 3.13. The molecule has 0 aromatic carbocycles. The molecule has 2 N–H and O–H groups in total. The lowest BCUT2D eigenvalue weighted by molar-refractivity contribution is 0.00771. The summed E-state index contributed by atoms with van der Waals surface area (Å²) in [6, 6.07) is 0. The first-order valence-corrected chi connectivity index (χ1v) is 6.17. The number of rotatable bonds is 5. The van der Waals surface area contributed by atoms with Crippen LogP contribution in [0.2, 0.25) is 0 Å². The van der Waals surface area contributed by atoms with Crippen LogP contribution in [0, 0.1) is 0 Å². The highest BCUT2D eigenvalue weighted by atomic mass is 16.5. The maximum Gasteiger partial charge on any atom is 0.0962 e. The smallest absolute Gasteiger partial charge is 0.0962 e. The number of likely N-dealkylation sites (tertiary alicyclic amines) is 1. The fourth-order valence-electron chi connectivity index (χ4n) is 2.01.